The van der Waals surface area contributed by atoms with Gasteiger partial charge in [-0.1, -0.05) is 30.3 Å². The van der Waals surface area contributed by atoms with Crippen LogP contribution in [-0.2, 0) is 14.9 Å². The molecule has 0 aromatic heterocycles. The van der Waals surface area contributed by atoms with Crippen molar-refractivity contribution in [2.75, 3.05) is 19.7 Å². The zero-order chi connectivity index (χ0) is 17.9. The zero-order valence-corrected chi connectivity index (χ0v) is 14.1. The molecule has 0 bridgehead atoms. The molecule has 1 aliphatic heterocycles. The third-order valence-corrected chi connectivity index (χ3v) is 5.09. The van der Waals surface area contributed by atoms with E-state index in [1.807, 2.05) is 0 Å². The molecule has 7 nitrogen and oxygen atoms in total. The van der Waals surface area contributed by atoms with Crippen LogP contribution in [0.4, 0.5) is 4.79 Å². The number of nitrogens with zero attached hydrogens (tertiary/aromatic N) is 1. The Hall–Kier alpha value is -2.58. The second kappa shape index (κ2) is 7.12. The van der Waals surface area contributed by atoms with Crippen LogP contribution in [0.5, 0.6) is 5.75 Å². The van der Waals surface area contributed by atoms with Crippen molar-refractivity contribution < 1.29 is 27.2 Å². The minimum atomic E-state index is -3.89. The fourth-order valence-electron chi connectivity index (χ4n) is 2.52. The first-order valence-electron chi connectivity index (χ1n) is 7.65. The molecule has 0 saturated carbocycles. The van der Waals surface area contributed by atoms with Crippen molar-refractivity contribution in [1.29, 1.82) is 0 Å². The molecule has 3 rings (SSSR count). The van der Waals surface area contributed by atoms with Crippen LogP contribution in [0.3, 0.4) is 0 Å². The highest BCUT2D eigenvalue weighted by Crippen LogP contribution is 2.25. The number of ether oxygens (including phenoxy) is 1. The van der Waals surface area contributed by atoms with Crippen molar-refractivity contribution in [3.8, 4) is 5.75 Å². The minimum Gasteiger partial charge on any atom is -0.465 e. The van der Waals surface area contributed by atoms with Crippen LogP contribution < -0.4 is 4.18 Å². The quantitative estimate of drug-likeness (QED) is 0.839. The second-order valence-electron chi connectivity index (χ2n) is 5.51. The van der Waals surface area contributed by atoms with Gasteiger partial charge in [0.15, 0.2) is 0 Å². The maximum Gasteiger partial charge on any atom is 0.407 e. The van der Waals surface area contributed by atoms with Gasteiger partial charge in [-0.2, -0.15) is 8.42 Å². The second-order valence-corrected chi connectivity index (χ2v) is 7.05. The Morgan fingerprint density at radius 1 is 1.12 bits per heavy atom. The third-order valence-electron chi connectivity index (χ3n) is 3.83. The van der Waals surface area contributed by atoms with Crippen molar-refractivity contribution in [3.05, 3.63) is 60.2 Å². The lowest BCUT2D eigenvalue weighted by Crippen LogP contribution is -2.41. The van der Waals surface area contributed by atoms with Crippen LogP contribution in [0.1, 0.15) is 11.7 Å². The number of carboxylic acid groups (broad SMARTS) is 1. The summed E-state index contributed by atoms with van der Waals surface area (Å²) in [6.45, 7) is 0.887. The SMILES string of the molecule is O=C(O)N1CCO[C@H](c2ccc(OS(=O)(=O)c3ccccc3)cc2)C1. The molecule has 1 saturated heterocycles. The summed E-state index contributed by atoms with van der Waals surface area (Å²) < 4.78 is 35.1. The van der Waals surface area contributed by atoms with Crippen LogP contribution in [0.25, 0.3) is 0 Å². The lowest BCUT2D eigenvalue weighted by Gasteiger charge is -2.31. The molecular weight excluding hydrogens is 346 g/mol. The highest BCUT2D eigenvalue weighted by Gasteiger charge is 2.25. The third kappa shape index (κ3) is 4.09. The predicted molar refractivity (Wildman–Crippen MR) is 89.0 cm³/mol. The minimum absolute atomic E-state index is 0.0757. The van der Waals surface area contributed by atoms with E-state index in [0.717, 1.165) is 5.56 Å². The Kier molecular flexibility index (Phi) is 4.91. The number of amides is 1. The molecular formula is C17H17NO6S. The van der Waals surface area contributed by atoms with Gasteiger partial charge in [0, 0.05) is 6.54 Å². The maximum atomic E-state index is 12.2. The molecule has 1 fully saturated rings. The number of hydrogen-bond donors (Lipinski definition) is 1. The van der Waals surface area contributed by atoms with Gasteiger partial charge in [0.05, 0.1) is 13.2 Å². The molecule has 1 atom stereocenters. The Morgan fingerprint density at radius 3 is 2.44 bits per heavy atom. The Bertz CT molecular complexity index is 835. The lowest BCUT2D eigenvalue weighted by atomic mass is 10.1. The molecule has 1 N–H and O–H groups in total. The zero-order valence-electron chi connectivity index (χ0n) is 13.2. The van der Waals surface area contributed by atoms with Crippen molar-refractivity contribution >= 4 is 16.2 Å². The van der Waals surface area contributed by atoms with Gasteiger partial charge in [-0.25, -0.2) is 4.79 Å². The van der Waals surface area contributed by atoms with E-state index in [-0.39, 0.29) is 23.3 Å². The molecule has 0 radical (unpaired) electrons. The van der Waals surface area contributed by atoms with E-state index in [2.05, 4.69) is 0 Å². The highest BCUT2D eigenvalue weighted by atomic mass is 32.2. The van der Waals surface area contributed by atoms with Gasteiger partial charge in [-0.05, 0) is 29.8 Å². The topological polar surface area (TPSA) is 93.1 Å². The van der Waals surface area contributed by atoms with Crippen LogP contribution >= 0.6 is 0 Å². The van der Waals surface area contributed by atoms with E-state index >= 15 is 0 Å². The molecule has 132 valence electrons. The first kappa shape index (κ1) is 17.2. The fraction of sp³-hybridized carbons (Fsp3) is 0.235. The van der Waals surface area contributed by atoms with Gasteiger partial charge in [-0.15, -0.1) is 0 Å². The smallest absolute Gasteiger partial charge is 0.407 e. The number of benzene rings is 2. The average Bonchev–Trinajstić information content (AvgIpc) is 2.63. The Morgan fingerprint density at radius 2 is 1.80 bits per heavy atom. The summed E-state index contributed by atoms with van der Waals surface area (Å²) in [6.07, 6.45) is -1.37. The largest absolute Gasteiger partial charge is 0.465 e. The number of rotatable bonds is 4. The number of carbonyl (C=O) groups is 1. The summed E-state index contributed by atoms with van der Waals surface area (Å²) in [5, 5.41) is 9.07. The van der Waals surface area contributed by atoms with Gasteiger partial charge in [-0.3, -0.25) is 0 Å². The molecule has 25 heavy (non-hydrogen) atoms. The molecule has 1 heterocycles. The van der Waals surface area contributed by atoms with Gasteiger partial charge in [0.1, 0.15) is 16.7 Å². The molecule has 0 unspecified atom stereocenters. The van der Waals surface area contributed by atoms with Crippen LogP contribution in [-0.4, -0.2) is 44.2 Å². The van der Waals surface area contributed by atoms with E-state index < -0.39 is 16.2 Å². The van der Waals surface area contributed by atoms with Gasteiger partial charge >= 0.3 is 16.2 Å². The summed E-state index contributed by atoms with van der Waals surface area (Å²) in [5.41, 5.74) is 0.760. The first-order valence-corrected chi connectivity index (χ1v) is 9.05. The highest BCUT2D eigenvalue weighted by molar-refractivity contribution is 7.87. The van der Waals surface area contributed by atoms with Gasteiger partial charge < -0.3 is 18.9 Å². The first-order chi connectivity index (χ1) is 12.0. The fourth-order valence-corrected chi connectivity index (χ4v) is 3.48. The standard InChI is InChI=1S/C17H17NO6S/c19-17(20)18-10-11-23-16(12-18)13-6-8-14(9-7-13)24-25(21,22)15-4-2-1-3-5-15/h1-9,16H,10-12H2,(H,19,20)/t16-/m0/s1. The summed E-state index contributed by atoms with van der Waals surface area (Å²) >= 11 is 0. The lowest BCUT2D eigenvalue weighted by molar-refractivity contribution is -0.0232. The molecule has 1 amide bonds. The van der Waals surface area contributed by atoms with Crippen LogP contribution in [0.2, 0.25) is 0 Å². The van der Waals surface area contributed by atoms with E-state index in [1.165, 1.54) is 29.2 Å². The van der Waals surface area contributed by atoms with Crippen LogP contribution in [0, 0.1) is 0 Å². The summed E-state index contributed by atoms with van der Waals surface area (Å²) in [7, 11) is -3.89. The summed E-state index contributed by atoms with van der Waals surface area (Å²) in [4.78, 5) is 12.4. The normalized spacial score (nSPS) is 17.9. The van der Waals surface area contributed by atoms with Crippen molar-refractivity contribution in [1.82, 2.24) is 4.90 Å². The van der Waals surface area contributed by atoms with E-state index in [1.54, 1.807) is 30.3 Å². The molecule has 2 aromatic carbocycles. The molecule has 8 heteroatoms. The molecule has 0 aliphatic carbocycles. The molecule has 1 aliphatic rings. The average molecular weight is 363 g/mol. The monoisotopic (exact) mass is 363 g/mol. The predicted octanol–water partition coefficient (Wildman–Crippen LogP) is 2.51. The Labute approximate surface area is 145 Å². The Balaban J connectivity index is 1.71. The molecule has 0 spiro atoms. The van der Waals surface area contributed by atoms with Gasteiger partial charge in [0.25, 0.3) is 0 Å². The summed E-state index contributed by atoms with van der Waals surface area (Å²) in [5.74, 6) is 0.179. The summed E-state index contributed by atoms with van der Waals surface area (Å²) in [6, 6.07) is 14.3. The molecule has 2 aromatic rings. The number of morpholine rings is 1. The maximum absolute atomic E-state index is 12.2. The van der Waals surface area contributed by atoms with Crippen molar-refractivity contribution in [2.45, 2.75) is 11.0 Å². The van der Waals surface area contributed by atoms with Gasteiger partial charge in [0.2, 0.25) is 0 Å². The van der Waals surface area contributed by atoms with E-state index in [9.17, 15) is 13.2 Å². The van der Waals surface area contributed by atoms with Crippen molar-refractivity contribution in [2.24, 2.45) is 0 Å². The van der Waals surface area contributed by atoms with Crippen LogP contribution in [0.15, 0.2) is 59.5 Å². The van der Waals surface area contributed by atoms with E-state index in [4.69, 9.17) is 14.0 Å². The van der Waals surface area contributed by atoms with Crippen molar-refractivity contribution in [3.63, 3.8) is 0 Å². The number of hydrogen-bond acceptors (Lipinski definition) is 5. The van der Waals surface area contributed by atoms with E-state index in [0.29, 0.717) is 13.2 Å².